The van der Waals surface area contributed by atoms with Crippen LogP contribution in [0, 0.1) is 3.57 Å². The average molecular weight is 284 g/mol. The zero-order valence-corrected chi connectivity index (χ0v) is 8.29. The normalized spacial score (nSPS) is 10.7. The van der Waals surface area contributed by atoms with Crippen molar-refractivity contribution in [3.05, 3.63) is 33.4 Å². The molecule has 4 heteroatoms. The predicted octanol–water partition coefficient (Wildman–Crippen LogP) is 3.03. The minimum atomic E-state index is -2.69. The van der Waals surface area contributed by atoms with Crippen molar-refractivity contribution in [3.63, 3.8) is 0 Å². The second-order valence-electron chi connectivity index (χ2n) is 2.20. The zero-order chi connectivity index (χ0) is 8.97. The Morgan fingerprint density at radius 2 is 1.83 bits per heavy atom. The highest BCUT2D eigenvalue weighted by molar-refractivity contribution is 14.1. The molecule has 0 radical (unpaired) electrons. The third-order valence-electron chi connectivity index (χ3n) is 1.29. The summed E-state index contributed by atoms with van der Waals surface area (Å²) in [6.45, 7) is -2.72. The first-order chi connectivity index (χ1) is 5.68. The van der Waals surface area contributed by atoms with Gasteiger partial charge >= 0.3 is 6.61 Å². The van der Waals surface area contributed by atoms with Crippen LogP contribution in [-0.2, 0) is 11.3 Å². The van der Waals surface area contributed by atoms with Crippen molar-refractivity contribution in [2.24, 2.45) is 0 Å². The molecule has 12 heavy (non-hydrogen) atoms. The van der Waals surface area contributed by atoms with Gasteiger partial charge in [0.15, 0.2) is 0 Å². The summed E-state index contributed by atoms with van der Waals surface area (Å²) in [6.07, 6.45) is 0. The van der Waals surface area contributed by atoms with Crippen molar-refractivity contribution in [2.45, 2.75) is 13.2 Å². The lowest BCUT2D eigenvalue weighted by atomic mass is 10.2. The molecule has 1 aromatic carbocycles. The van der Waals surface area contributed by atoms with E-state index in [-0.39, 0.29) is 6.61 Å². The van der Waals surface area contributed by atoms with Crippen LogP contribution in [-0.4, -0.2) is 6.61 Å². The molecule has 0 N–H and O–H groups in total. The molecular formula is C8H7F2IO. The van der Waals surface area contributed by atoms with Gasteiger partial charge in [0.25, 0.3) is 0 Å². The smallest absolute Gasteiger partial charge is 0.318 e. The van der Waals surface area contributed by atoms with E-state index < -0.39 is 6.61 Å². The second kappa shape index (κ2) is 4.71. The number of hydrogen-bond acceptors (Lipinski definition) is 1. The zero-order valence-electron chi connectivity index (χ0n) is 6.14. The topological polar surface area (TPSA) is 9.23 Å². The highest BCUT2D eigenvalue weighted by Gasteiger charge is 2.01. The lowest BCUT2D eigenvalue weighted by Gasteiger charge is -2.01. The molecule has 0 spiro atoms. The van der Waals surface area contributed by atoms with E-state index in [0.717, 1.165) is 9.13 Å². The molecule has 0 amide bonds. The van der Waals surface area contributed by atoms with Crippen LogP contribution in [0.25, 0.3) is 0 Å². The third kappa shape index (κ3) is 3.44. The summed E-state index contributed by atoms with van der Waals surface area (Å²) in [5.74, 6) is 0. The van der Waals surface area contributed by atoms with Gasteiger partial charge in [-0.3, -0.25) is 0 Å². The third-order valence-corrected chi connectivity index (χ3v) is 2.01. The van der Waals surface area contributed by atoms with Gasteiger partial charge in [-0.15, -0.1) is 0 Å². The van der Waals surface area contributed by atoms with E-state index in [0.29, 0.717) is 0 Å². The van der Waals surface area contributed by atoms with Crippen LogP contribution in [0.3, 0.4) is 0 Å². The molecule has 0 heterocycles. The minimum absolute atomic E-state index is 0.0331. The van der Waals surface area contributed by atoms with Gasteiger partial charge in [-0.2, -0.15) is 8.78 Å². The molecule has 0 aliphatic heterocycles. The number of benzene rings is 1. The lowest BCUT2D eigenvalue weighted by molar-refractivity contribution is -0.137. The Kier molecular flexibility index (Phi) is 3.87. The Hall–Kier alpha value is -0.230. The van der Waals surface area contributed by atoms with E-state index in [1.165, 1.54) is 0 Å². The van der Waals surface area contributed by atoms with Crippen LogP contribution in [0.5, 0.6) is 0 Å². The van der Waals surface area contributed by atoms with Crippen molar-refractivity contribution in [1.29, 1.82) is 0 Å². The van der Waals surface area contributed by atoms with Crippen molar-refractivity contribution in [1.82, 2.24) is 0 Å². The summed E-state index contributed by atoms with van der Waals surface area (Å²) in [5, 5.41) is 0. The summed E-state index contributed by atoms with van der Waals surface area (Å²) in [7, 11) is 0. The Bertz CT molecular complexity index is 235. The fourth-order valence-corrected chi connectivity index (χ4v) is 1.10. The van der Waals surface area contributed by atoms with Gasteiger partial charge in [0, 0.05) is 3.57 Å². The second-order valence-corrected chi connectivity index (χ2v) is 3.44. The molecule has 0 saturated heterocycles. The molecule has 0 bridgehead atoms. The molecule has 0 fully saturated rings. The quantitative estimate of drug-likeness (QED) is 0.775. The largest absolute Gasteiger partial charge is 0.345 e. The maximum absolute atomic E-state index is 11.6. The lowest BCUT2D eigenvalue weighted by Crippen LogP contribution is -1.98. The molecule has 0 aromatic heterocycles. The standard InChI is InChI=1S/C8H7F2IO/c9-8(10)12-5-6-1-3-7(11)4-2-6/h1-4,8H,5H2. The molecule has 0 aliphatic carbocycles. The maximum Gasteiger partial charge on any atom is 0.345 e. The Morgan fingerprint density at radius 1 is 1.25 bits per heavy atom. The SMILES string of the molecule is FC(F)OCc1ccc(I)cc1. The Morgan fingerprint density at radius 3 is 2.33 bits per heavy atom. The van der Waals surface area contributed by atoms with Gasteiger partial charge in [-0.1, -0.05) is 12.1 Å². The van der Waals surface area contributed by atoms with Gasteiger partial charge < -0.3 is 4.74 Å². The first kappa shape index (κ1) is 9.85. The molecule has 0 saturated carbocycles. The number of alkyl halides is 2. The first-order valence-corrected chi connectivity index (χ1v) is 4.40. The molecule has 1 aromatic rings. The fraction of sp³-hybridized carbons (Fsp3) is 0.250. The number of rotatable bonds is 3. The van der Waals surface area contributed by atoms with Crippen LogP contribution in [0.4, 0.5) is 8.78 Å². The van der Waals surface area contributed by atoms with E-state index in [9.17, 15) is 8.78 Å². The maximum atomic E-state index is 11.6. The molecule has 1 rings (SSSR count). The van der Waals surface area contributed by atoms with Gasteiger partial charge in [-0.25, -0.2) is 0 Å². The van der Waals surface area contributed by atoms with Crippen LogP contribution < -0.4 is 0 Å². The highest BCUT2D eigenvalue weighted by atomic mass is 127. The monoisotopic (exact) mass is 284 g/mol. The predicted molar refractivity (Wildman–Crippen MR) is 50.0 cm³/mol. The van der Waals surface area contributed by atoms with Gasteiger partial charge in [0.05, 0.1) is 6.61 Å². The van der Waals surface area contributed by atoms with E-state index in [1.807, 2.05) is 12.1 Å². The van der Waals surface area contributed by atoms with Crippen molar-refractivity contribution in [2.75, 3.05) is 0 Å². The molecule has 0 aliphatic rings. The Balaban J connectivity index is 2.48. The molecule has 0 atom stereocenters. The summed E-state index contributed by atoms with van der Waals surface area (Å²) >= 11 is 2.15. The van der Waals surface area contributed by atoms with Gasteiger partial charge in [0.2, 0.25) is 0 Å². The van der Waals surface area contributed by atoms with Gasteiger partial charge in [0.1, 0.15) is 0 Å². The first-order valence-electron chi connectivity index (χ1n) is 3.32. The number of hydrogen-bond donors (Lipinski definition) is 0. The van der Waals surface area contributed by atoms with Crippen molar-refractivity contribution >= 4 is 22.6 Å². The van der Waals surface area contributed by atoms with E-state index in [2.05, 4.69) is 27.3 Å². The van der Waals surface area contributed by atoms with Gasteiger partial charge in [-0.05, 0) is 40.3 Å². The molecule has 66 valence electrons. The van der Waals surface area contributed by atoms with Crippen LogP contribution in [0.2, 0.25) is 0 Å². The highest BCUT2D eigenvalue weighted by Crippen LogP contribution is 2.09. The summed E-state index contributed by atoms with van der Waals surface area (Å²) in [6, 6.07) is 7.24. The summed E-state index contributed by atoms with van der Waals surface area (Å²) < 4.78 is 28.4. The minimum Gasteiger partial charge on any atom is -0.318 e. The van der Waals surface area contributed by atoms with E-state index in [1.54, 1.807) is 12.1 Å². The number of ether oxygens (including phenoxy) is 1. The molecule has 1 nitrogen and oxygen atoms in total. The number of halogens is 3. The molecule has 0 unspecified atom stereocenters. The summed E-state index contributed by atoms with van der Waals surface area (Å²) in [4.78, 5) is 0. The fourth-order valence-electron chi connectivity index (χ4n) is 0.740. The molecular weight excluding hydrogens is 277 g/mol. The van der Waals surface area contributed by atoms with E-state index >= 15 is 0 Å². The van der Waals surface area contributed by atoms with Crippen LogP contribution >= 0.6 is 22.6 Å². The Labute approximate surface area is 82.9 Å². The van der Waals surface area contributed by atoms with Crippen LogP contribution in [0.15, 0.2) is 24.3 Å². The average Bonchev–Trinajstić information content (AvgIpc) is 2.03. The van der Waals surface area contributed by atoms with Crippen LogP contribution in [0.1, 0.15) is 5.56 Å². The van der Waals surface area contributed by atoms with Crippen molar-refractivity contribution < 1.29 is 13.5 Å². The van der Waals surface area contributed by atoms with E-state index in [4.69, 9.17) is 0 Å². The summed E-state index contributed by atoms with van der Waals surface area (Å²) in [5.41, 5.74) is 0.760. The van der Waals surface area contributed by atoms with Crippen molar-refractivity contribution in [3.8, 4) is 0 Å².